The third kappa shape index (κ3) is 3.36. The van der Waals surface area contributed by atoms with E-state index < -0.39 is 0 Å². The number of ether oxygens (including phenoxy) is 1. The van der Waals surface area contributed by atoms with Gasteiger partial charge in [0.1, 0.15) is 11.9 Å². The molecule has 1 aromatic heterocycles. The first-order valence-corrected chi connectivity index (χ1v) is 7.65. The SMILES string of the molecule is Cc1cc(Cl)ccc1O[C@@H](c1cccnc1)[C@H]1CCNC1. The Bertz CT molecular complexity index is 597. The van der Waals surface area contributed by atoms with Gasteiger partial charge in [-0.25, -0.2) is 0 Å². The highest BCUT2D eigenvalue weighted by molar-refractivity contribution is 6.30. The number of aryl methyl sites for hydroxylation is 1. The topological polar surface area (TPSA) is 34.1 Å². The largest absolute Gasteiger partial charge is 0.485 e. The van der Waals surface area contributed by atoms with Crippen LogP contribution >= 0.6 is 11.6 Å². The van der Waals surface area contributed by atoms with Crippen LogP contribution in [0.1, 0.15) is 23.7 Å². The Morgan fingerprint density at radius 3 is 2.95 bits per heavy atom. The minimum atomic E-state index is 0.0218. The van der Waals surface area contributed by atoms with E-state index in [1.807, 2.05) is 37.4 Å². The summed E-state index contributed by atoms with van der Waals surface area (Å²) < 4.78 is 6.33. The molecule has 2 aromatic rings. The lowest BCUT2D eigenvalue weighted by Gasteiger charge is -2.25. The molecule has 1 N–H and O–H groups in total. The highest BCUT2D eigenvalue weighted by Gasteiger charge is 2.28. The van der Waals surface area contributed by atoms with Crippen molar-refractivity contribution in [2.24, 2.45) is 5.92 Å². The molecule has 1 aliphatic heterocycles. The Balaban J connectivity index is 1.88. The summed E-state index contributed by atoms with van der Waals surface area (Å²) in [5.74, 6) is 1.35. The van der Waals surface area contributed by atoms with Crippen LogP contribution in [-0.4, -0.2) is 18.1 Å². The Kier molecular flexibility index (Phi) is 4.42. The van der Waals surface area contributed by atoms with E-state index in [-0.39, 0.29) is 6.10 Å². The molecule has 21 heavy (non-hydrogen) atoms. The van der Waals surface area contributed by atoms with Crippen LogP contribution in [0.25, 0.3) is 0 Å². The molecule has 0 aliphatic carbocycles. The molecule has 0 spiro atoms. The Hall–Kier alpha value is -1.58. The smallest absolute Gasteiger partial charge is 0.129 e. The molecule has 1 aliphatic rings. The number of benzene rings is 1. The summed E-state index contributed by atoms with van der Waals surface area (Å²) in [7, 11) is 0. The van der Waals surface area contributed by atoms with Gasteiger partial charge < -0.3 is 10.1 Å². The predicted octanol–water partition coefficient (Wildman–Crippen LogP) is 3.77. The van der Waals surface area contributed by atoms with Crippen LogP contribution in [0, 0.1) is 12.8 Å². The second kappa shape index (κ2) is 6.46. The average Bonchev–Trinajstić information content (AvgIpc) is 3.01. The molecule has 4 heteroatoms. The van der Waals surface area contributed by atoms with Crippen molar-refractivity contribution >= 4 is 11.6 Å². The molecule has 0 amide bonds. The third-order valence-corrected chi connectivity index (χ3v) is 4.17. The van der Waals surface area contributed by atoms with Crippen molar-refractivity contribution in [3.63, 3.8) is 0 Å². The molecule has 0 radical (unpaired) electrons. The molecule has 1 fully saturated rings. The number of halogens is 1. The van der Waals surface area contributed by atoms with Gasteiger partial charge in [0.2, 0.25) is 0 Å². The first-order chi connectivity index (χ1) is 10.2. The van der Waals surface area contributed by atoms with Crippen molar-refractivity contribution in [2.75, 3.05) is 13.1 Å². The normalized spacial score (nSPS) is 19.4. The van der Waals surface area contributed by atoms with E-state index >= 15 is 0 Å². The molecule has 0 saturated carbocycles. The number of aromatic nitrogens is 1. The van der Waals surface area contributed by atoms with Gasteiger partial charge in [-0.2, -0.15) is 0 Å². The zero-order valence-electron chi connectivity index (χ0n) is 12.1. The summed E-state index contributed by atoms with van der Waals surface area (Å²) in [5.41, 5.74) is 2.18. The minimum absolute atomic E-state index is 0.0218. The third-order valence-electron chi connectivity index (χ3n) is 3.93. The predicted molar refractivity (Wildman–Crippen MR) is 84.8 cm³/mol. The van der Waals surface area contributed by atoms with Crippen LogP contribution in [0.3, 0.4) is 0 Å². The van der Waals surface area contributed by atoms with Crippen molar-refractivity contribution in [1.29, 1.82) is 0 Å². The lowest BCUT2D eigenvalue weighted by atomic mass is 9.96. The quantitative estimate of drug-likeness (QED) is 0.933. The van der Waals surface area contributed by atoms with Crippen LogP contribution in [0.5, 0.6) is 5.75 Å². The summed E-state index contributed by atoms with van der Waals surface area (Å²) >= 11 is 6.02. The number of hydrogen-bond donors (Lipinski definition) is 1. The maximum atomic E-state index is 6.33. The molecule has 0 unspecified atom stereocenters. The molecule has 110 valence electrons. The van der Waals surface area contributed by atoms with Crippen LogP contribution in [0.4, 0.5) is 0 Å². The van der Waals surface area contributed by atoms with Crippen molar-refractivity contribution in [3.8, 4) is 5.75 Å². The summed E-state index contributed by atoms with van der Waals surface area (Å²) in [6.45, 7) is 4.05. The summed E-state index contributed by atoms with van der Waals surface area (Å²) in [4.78, 5) is 4.23. The standard InChI is InChI=1S/C17H19ClN2O/c1-12-9-15(18)4-5-16(12)21-17(14-6-8-20-11-14)13-3-2-7-19-10-13/h2-5,7,9-10,14,17,20H,6,8,11H2,1H3/t14-,17-/m0/s1. The lowest BCUT2D eigenvalue weighted by molar-refractivity contribution is 0.143. The van der Waals surface area contributed by atoms with Gasteiger partial charge in [0.05, 0.1) is 0 Å². The van der Waals surface area contributed by atoms with Gasteiger partial charge in [0, 0.05) is 35.4 Å². The lowest BCUT2D eigenvalue weighted by Crippen LogP contribution is -2.21. The number of nitrogens with zero attached hydrogens (tertiary/aromatic N) is 1. The van der Waals surface area contributed by atoms with Crippen molar-refractivity contribution < 1.29 is 4.74 Å². The fourth-order valence-electron chi connectivity index (χ4n) is 2.80. The molecule has 2 heterocycles. The van der Waals surface area contributed by atoms with Gasteiger partial charge in [-0.3, -0.25) is 4.98 Å². The molecule has 1 saturated heterocycles. The fraction of sp³-hybridized carbons (Fsp3) is 0.353. The molecule has 2 atom stereocenters. The van der Waals surface area contributed by atoms with Crippen LogP contribution in [-0.2, 0) is 0 Å². The van der Waals surface area contributed by atoms with Gasteiger partial charge >= 0.3 is 0 Å². The van der Waals surface area contributed by atoms with Crippen LogP contribution < -0.4 is 10.1 Å². The molecule has 0 bridgehead atoms. The van der Waals surface area contributed by atoms with E-state index in [1.54, 1.807) is 6.20 Å². The highest BCUT2D eigenvalue weighted by atomic mass is 35.5. The van der Waals surface area contributed by atoms with E-state index in [4.69, 9.17) is 16.3 Å². The summed E-state index contributed by atoms with van der Waals surface area (Å²) in [6.07, 6.45) is 4.83. The monoisotopic (exact) mass is 302 g/mol. The number of pyridine rings is 1. The summed E-state index contributed by atoms with van der Waals surface area (Å²) in [6, 6.07) is 9.80. The maximum Gasteiger partial charge on any atom is 0.129 e. The zero-order chi connectivity index (χ0) is 14.7. The van der Waals surface area contributed by atoms with Crippen molar-refractivity contribution in [2.45, 2.75) is 19.4 Å². The second-order valence-electron chi connectivity index (χ2n) is 5.49. The Morgan fingerprint density at radius 1 is 1.38 bits per heavy atom. The van der Waals surface area contributed by atoms with Gasteiger partial charge in [0.25, 0.3) is 0 Å². The van der Waals surface area contributed by atoms with E-state index in [0.717, 1.165) is 41.4 Å². The molecule has 3 rings (SSSR count). The fourth-order valence-corrected chi connectivity index (χ4v) is 3.02. The molecular formula is C17H19ClN2O. The Labute approximate surface area is 130 Å². The Morgan fingerprint density at radius 2 is 2.29 bits per heavy atom. The van der Waals surface area contributed by atoms with E-state index in [2.05, 4.69) is 16.4 Å². The van der Waals surface area contributed by atoms with Gasteiger partial charge in [-0.1, -0.05) is 17.7 Å². The molecular weight excluding hydrogens is 284 g/mol. The molecule has 1 aromatic carbocycles. The van der Waals surface area contributed by atoms with E-state index in [0.29, 0.717) is 5.92 Å². The first kappa shape index (κ1) is 14.4. The molecule has 3 nitrogen and oxygen atoms in total. The highest BCUT2D eigenvalue weighted by Crippen LogP contribution is 2.33. The van der Waals surface area contributed by atoms with Crippen LogP contribution in [0.2, 0.25) is 5.02 Å². The first-order valence-electron chi connectivity index (χ1n) is 7.27. The number of rotatable bonds is 4. The number of hydrogen-bond acceptors (Lipinski definition) is 3. The van der Waals surface area contributed by atoms with E-state index in [1.165, 1.54) is 0 Å². The van der Waals surface area contributed by atoms with Crippen molar-refractivity contribution in [3.05, 3.63) is 58.9 Å². The van der Waals surface area contributed by atoms with Gasteiger partial charge in [-0.15, -0.1) is 0 Å². The second-order valence-corrected chi connectivity index (χ2v) is 5.92. The van der Waals surface area contributed by atoms with Crippen molar-refractivity contribution in [1.82, 2.24) is 10.3 Å². The average molecular weight is 303 g/mol. The summed E-state index contributed by atoms with van der Waals surface area (Å²) in [5, 5.41) is 4.15. The van der Waals surface area contributed by atoms with Gasteiger partial charge in [-0.05, 0) is 49.7 Å². The minimum Gasteiger partial charge on any atom is -0.485 e. The zero-order valence-corrected chi connectivity index (χ0v) is 12.8. The van der Waals surface area contributed by atoms with Crippen LogP contribution in [0.15, 0.2) is 42.7 Å². The van der Waals surface area contributed by atoms with E-state index in [9.17, 15) is 0 Å². The maximum absolute atomic E-state index is 6.33. The van der Waals surface area contributed by atoms with Gasteiger partial charge in [0.15, 0.2) is 0 Å². The number of nitrogens with one attached hydrogen (secondary N) is 1.